The summed E-state index contributed by atoms with van der Waals surface area (Å²) in [5.41, 5.74) is 7.84. The Morgan fingerprint density at radius 2 is 1.67 bits per heavy atom. The van der Waals surface area contributed by atoms with Crippen molar-refractivity contribution in [3.8, 4) is 21.9 Å². The lowest BCUT2D eigenvalue weighted by molar-refractivity contribution is -0.140. The van der Waals surface area contributed by atoms with E-state index in [9.17, 15) is 28.7 Å². The first-order chi connectivity index (χ1) is 36.1. The summed E-state index contributed by atoms with van der Waals surface area (Å²) in [5.74, 6) is 0.485. The van der Waals surface area contributed by atoms with E-state index in [1.54, 1.807) is 23.8 Å². The fourth-order valence-electron chi connectivity index (χ4n) is 10.1. The van der Waals surface area contributed by atoms with E-state index in [2.05, 4.69) is 26.7 Å². The lowest BCUT2D eigenvalue weighted by Crippen LogP contribution is -2.46. The summed E-state index contributed by atoms with van der Waals surface area (Å²) in [6, 6.07) is 19.2. The Balaban J connectivity index is 0.700. The van der Waals surface area contributed by atoms with Gasteiger partial charge in [0.05, 0.1) is 66.5 Å². The van der Waals surface area contributed by atoms with Crippen molar-refractivity contribution in [1.29, 1.82) is 0 Å². The Bertz CT molecular complexity index is 2810. The normalized spacial score (nSPS) is 18.7. The highest BCUT2D eigenvalue weighted by atomic mass is 32.1. The molecular weight excluding hydrogens is 976 g/mol. The van der Waals surface area contributed by atoms with E-state index in [1.807, 2.05) is 88.0 Å². The standard InChI is InChI=1S/C58H71FN6O9S/c1-37(39-6-8-40(9-7-39)48-18-22-60-50-17-12-43(59)31-49(48)50)56(69)63-44-13-15-46(16-14-44)74-47-19-23-64(24-20-47)53(67)21-25-71-26-27-72-28-29-73-52-30-41(55-38(2)62-36-75-55)10-11-42(52)34-61-57(70)51-32-45(66)35-65(51)54(68)33-58(3,4)5/h6,10-18,22,30-31,36-37,40,45,47,51,66H,7-9,19-21,23-29,32-35H2,1-5H3,(H,61,70)(H,63,69)/t37-,40?,45-,51+/m1/s1. The first kappa shape index (κ1) is 55.0. The number of fused-ring (bicyclic) bond motifs is 1. The number of hydrogen-bond acceptors (Lipinski definition) is 12. The number of benzene rings is 3. The third-order valence-electron chi connectivity index (χ3n) is 14.2. The molecule has 3 N–H and O–H groups in total. The molecule has 4 atom stereocenters. The van der Waals surface area contributed by atoms with E-state index >= 15 is 0 Å². The molecule has 1 aliphatic carbocycles. The number of pyridine rings is 1. The fourth-order valence-corrected chi connectivity index (χ4v) is 10.9. The lowest BCUT2D eigenvalue weighted by Gasteiger charge is -2.32. The van der Waals surface area contributed by atoms with E-state index in [-0.39, 0.29) is 98.4 Å². The van der Waals surface area contributed by atoms with Crippen LogP contribution in [-0.4, -0.2) is 119 Å². The van der Waals surface area contributed by atoms with Crippen LogP contribution < -0.4 is 20.1 Å². The van der Waals surface area contributed by atoms with Crippen LogP contribution in [-0.2, 0) is 35.2 Å². The number of rotatable bonds is 21. The van der Waals surface area contributed by atoms with E-state index in [1.165, 1.54) is 22.3 Å². The highest BCUT2D eigenvalue weighted by molar-refractivity contribution is 7.13. The van der Waals surface area contributed by atoms with E-state index in [0.717, 1.165) is 63.0 Å². The average molecular weight is 1050 g/mol. The number of amides is 4. The highest BCUT2D eigenvalue weighted by Gasteiger charge is 2.39. The zero-order valence-corrected chi connectivity index (χ0v) is 44.6. The van der Waals surface area contributed by atoms with E-state index in [0.29, 0.717) is 62.9 Å². The molecule has 8 rings (SSSR count). The summed E-state index contributed by atoms with van der Waals surface area (Å²) >= 11 is 1.53. The number of piperidine rings is 1. The average Bonchev–Trinajstić information content (AvgIpc) is 4.02. The lowest BCUT2D eigenvalue weighted by atomic mass is 9.80. The highest BCUT2D eigenvalue weighted by Crippen LogP contribution is 2.38. The van der Waals surface area contributed by atoms with Gasteiger partial charge in [-0.25, -0.2) is 9.37 Å². The van der Waals surface area contributed by atoms with Gasteiger partial charge in [0.2, 0.25) is 23.6 Å². The van der Waals surface area contributed by atoms with Crippen molar-refractivity contribution in [1.82, 2.24) is 25.1 Å². The zero-order valence-electron chi connectivity index (χ0n) is 43.8. The van der Waals surface area contributed by atoms with Gasteiger partial charge in [0, 0.05) is 74.7 Å². The number of nitrogens with zero attached hydrogens (tertiary/aromatic N) is 4. The summed E-state index contributed by atoms with van der Waals surface area (Å²) in [6.45, 7) is 12.8. The van der Waals surface area contributed by atoms with Gasteiger partial charge < -0.3 is 44.5 Å². The van der Waals surface area contributed by atoms with Gasteiger partial charge in [-0.2, -0.15) is 0 Å². The molecule has 3 aromatic carbocycles. The number of ether oxygens (including phenoxy) is 4. The van der Waals surface area contributed by atoms with Crippen molar-refractivity contribution < 1.29 is 47.6 Å². The molecule has 0 spiro atoms. The van der Waals surface area contributed by atoms with Crippen LogP contribution >= 0.6 is 11.3 Å². The van der Waals surface area contributed by atoms with Gasteiger partial charge in [0.1, 0.15) is 36.1 Å². The SMILES string of the molecule is Cc1ncsc1-c1ccc(CNC(=O)[C@@H]2C[C@@H](O)CN2C(=O)CC(C)(C)C)c(OCCOCCOCCC(=O)N2CCC(Oc3ccc(NC(=O)[C@H](C)C4=CCC(c5ccnc6ccc(F)cc56)CC4)cc3)CC2)c1. The maximum Gasteiger partial charge on any atom is 0.243 e. The zero-order chi connectivity index (χ0) is 53.1. The number of aromatic nitrogens is 2. The summed E-state index contributed by atoms with van der Waals surface area (Å²) < 4.78 is 38.1. The molecule has 3 aliphatic rings. The molecular formula is C58H71FN6O9S. The number of β-amino-alcohol motifs (C(OH)–C–C–N with tert-alkyl or cyclic N) is 1. The van der Waals surface area contributed by atoms with Crippen molar-refractivity contribution in [2.24, 2.45) is 11.3 Å². The molecule has 0 radical (unpaired) electrons. The van der Waals surface area contributed by atoms with Crippen LogP contribution in [0.5, 0.6) is 11.5 Å². The van der Waals surface area contributed by atoms with Gasteiger partial charge in [-0.1, -0.05) is 44.6 Å². The van der Waals surface area contributed by atoms with Gasteiger partial charge >= 0.3 is 0 Å². The molecule has 2 aliphatic heterocycles. The Morgan fingerprint density at radius 3 is 2.39 bits per heavy atom. The number of aryl methyl sites for hydroxylation is 1. The van der Waals surface area contributed by atoms with E-state index < -0.39 is 12.1 Å². The predicted octanol–water partition coefficient (Wildman–Crippen LogP) is 9.16. The molecule has 4 amide bonds. The molecule has 2 fully saturated rings. The largest absolute Gasteiger partial charge is 0.491 e. The molecule has 1 unspecified atom stereocenters. The number of hydrogen-bond donors (Lipinski definition) is 3. The Hall–Kier alpha value is -6.27. The van der Waals surface area contributed by atoms with Crippen LogP contribution in [0.1, 0.15) is 102 Å². The van der Waals surface area contributed by atoms with Gasteiger partial charge in [0.15, 0.2) is 0 Å². The quantitative estimate of drug-likeness (QED) is 0.0471. The van der Waals surface area contributed by atoms with Crippen molar-refractivity contribution >= 4 is 51.6 Å². The monoisotopic (exact) mass is 1050 g/mol. The number of carbonyl (C=O) groups is 4. The van der Waals surface area contributed by atoms with Crippen molar-refractivity contribution in [3.63, 3.8) is 0 Å². The van der Waals surface area contributed by atoms with Gasteiger partial charge in [-0.3, -0.25) is 24.2 Å². The molecule has 17 heteroatoms. The molecule has 2 aromatic heterocycles. The Labute approximate surface area is 443 Å². The molecule has 0 bridgehead atoms. The molecule has 0 saturated carbocycles. The van der Waals surface area contributed by atoms with Crippen LogP contribution in [0.15, 0.2) is 90.1 Å². The number of aliphatic hydroxyl groups is 1. The first-order valence-corrected chi connectivity index (χ1v) is 27.1. The number of anilines is 1. The second-order valence-corrected chi connectivity index (χ2v) is 21.9. The Kier molecular flexibility index (Phi) is 18.7. The minimum Gasteiger partial charge on any atom is -0.491 e. The summed E-state index contributed by atoms with van der Waals surface area (Å²) in [4.78, 5) is 66.0. The molecule has 2 saturated heterocycles. The van der Waals surface area contributed by atoms with Crippen molar-refractivity contribution in [2.45, 2.75) is 117 Å². The Morgan fingerprint density at radius 1 is 0.907 bits per heavy atom. The fraction of sp³-hybridized carbons (Fsp3) is 0.483. The number of likely N-dealkylation sites (tertiary alicyclic amines) is 2. The predicted molar refractivity (Wildman–Crippen MR) is 287 cm³/mol. The molecule has 4 heterocycles. The van der Waals surface area contributed by atoms with Gasteiger partial charge in [-0.05, 0) is 110 Å². The number of thiazole rings is 1. The smallest absolute Gasteiger partial charge is 0.243 e. The van der Waals surface area contributed by atoms with Crippen LogP contribution in [0, 0.1) is 24.1 Å². The minimum atomic E-state index is -0.757. The topological polar surface area (TPSA) is 182 Å². The molecule has 5 aromatic rings. The number of nitrogens with one attached hydrogen (secondary N) is 2. The maximum atomic E-state index is 14.1. The number of allylic oxidation sites excluding steroid dienone is 1. The summed E-state index contributed by atoms with van der Waals surface area (Å²) in [7, 11) is 0. The minimum absolute atomic E-state index is 0.0303. The third-order valence-corrected chi connectivity index (χ3v) is 15.2. The van der Waals surface area contributed by atoms with Crippen LogP contribution in [0.25, 0.3) is 21.3 Å². The second-order valence-electron chi connectivity index (χ2n) is 21.1. The summed E-state index contributed by atoms with van der Waals surface area (Å²) in [6.07, 6.45) is 7.76. The van der Waals surface area contributed by atoms with Crippen molar-refractivity contribution in [3.05, 3.63) is 113 Å². The van der Waals surface area contributed by atoms with Gasteiger partial charge in [-0.15, -0.1) is 11.3 Å². The molecule has 15 nitrogen and oxygen atoms in total. The first-order valence-electron chi connectivity index (χ1n) is 26.2. The summed E-state index contributed by atoms with van der Waals surface area (Å²) in [5, 5.41) is 17.3. The molecule has 400 valence electrons. The van der Waals surface area contributed by atoms with E-state index in [4.69, 9.17) is 18.9 Å². The third kappa shape index (κ3) is 15.0. The number of carbonyl (C=O) groups excluding carboxylic acids is 4. The number of halogens is 1. The van der Waals surface area contributed by atoms with Gasteiger partial charge in [0.25, 0.3) is 0 Å². The second kappa shape index (κ2) is 25.5. The van der Waals surface area contributed by atoms with Crippen LogP contribution in [0.4, 0.5) is 10.1 Å². The maximum absolute atomic E-state index is 14.1. The number of aliphatic hydroxyl groups excluding tert-OH is 1. The van der Waals surface area contributed by atoms with Crippen molar-refractivity contribution in [2.75, 3.05) is 58.0 Å². The van der Waals surface area contributed by atoms with Crippen LogP contribution in [0.3, 0.4) is 0 Å². The molecule has 75 heavy (non-hydrogen) atoms. The van der Waals surface area contributed by atoms with Crippen LogP contribution in [0.2, 0.25) is 0 Å².